The van der Waals surface area contributed by atoms with E-state index < -0.39 is 18.5 Å². The van der Waals surface area contributed by atoms with Crippen molar-refractivity contribution >= 4 is 17.6 Å². The molecule has 0 fully saturated rings. The van der Waals surface area contributed by atoms with Crippen LogP contribution in [0.4, 0.5) is 5.69 Å². The third-order valence-corrected chi connectivity index (χ3v) is 5.28. The van der Waals surface area contributed by atoms with Crippen molar-refractivity contribution in [3.8, 4) is 11.4 Å². The summed E-state index contributed by atoms with van der Waals surface area (Å²) in [7, 11) is 0. The predicted molar refractivity (Wildman–Crippen MR) is 132 cm³/mol. The van der Waals surface area contributed by atoms with Crippen LogP contribution >= 0.6 is 0 Å². The van der Waals surface area contributed by atoms with E-state index in [0.29, 0.717) is 17.1 Å². The molecule has 0 aliphatic rings. The summed E-state index contributed by atoms with van der Waals surface area (Å²) in [6.45, 7) is 3.42. The van der Waals surface area contributed by atoms with E-state index in [4.69, 9.17) is 9.47 Å². The van der Waals surface area contributed by atoms with Gasteiger partial charge in [0.25, 0.3) is 11.5 Å². The van der Waals surface area contributed by atoms with Gasteiger partial charge < -0.3 is 14.8 Å². The van der Waals surface area contributed by atoms with Crippen LogP contribution in [0.15, 0.2) is 77.6 Å². The van der Waals surface area contributed by atoms with E-state index in [1.165, 1.54) is 12.1 Å². The van der Waals surface area contributed by atoms with Crippen molar-refractivity contribution in [2.45, 2.75) is 20.4 Å². The quantitative estimate of drug-likeness (QED) is 0.361. The molecule has 4 rings (SSSR count). The highest BCUT2D eigenvalue weighted by atomic mass is 16.5. The monoisotopic (exact) mass is 487 g/mol. The SMILES string of the molecule is Cc1nn(-c2ccccc2)c(C)c1NC(=O)COC(=O)c1ccc(=O)n(CCOc2ccccc2)n1. The molecule has 2 aromatic heterocycles. The number of benzene rings is 2. The van der Waals surface area contributed by atoms with Gasteiger partial charge in [-0.3, -0.25) is 9.59 Å². The summed E-state index contributed by atoms with van der Waals surface area (Å²) in [5.41, 5.74) is 2.30. The van der Waals surface area contributed by atoms with Crippen LogP contribution in [0.1, 0.15) is 21.9 Å². The Labute approximate surface area is 207 Å². The van der Waals surface area contributed by atoms with E-state index in [9.17, 15) is 14.4 Å². The van der Waals surface area contributed by atoms with Crippen LogP contribution in [0.5, 0.6) is 5.75 Å². The zero-order valence-electron chi connectivity index (χ0n) is 19.9. The van der Waals surface area contributed by atoms with E-state index in [0.717, 1.165) is 16.1 Å². The van der Waals surface area contributed by atoms with Gasteiger partial charge in [0.15, 0.2) is 12.3 Å². The van der Waals surface area contributed by atoms with Gasteiger partial charge >= 0.3 is 5.97 Å². The van der Waals surface area contributed by atoms with Crippen LogP contribution in [-0.4, -0.2) is 44.7 Å². The van der Waals surface area contributed by atoms with Gasteiger partial charge in [-0.1, -0.05) is 36.4 Å². The van der Waals surface area contributed by atoms with E-state index in [1.54, 1.807) is 23.7 Å². The van der Waals surface area contributed by atoms with Crippen LogP contribution in [0, 0.1) is 13.8 Å². The number of para-hydroxylation sites is 2. The molecule has 0 spiro atoms. The molecule has 2 aromatic carbocycles. The minimum atomic E-state index is -0.823. The Morgan fingerprint density at radius 3 is 2.33 bits per heavy atom. The summed E-state index contributed by atoms with van der Waals surface area (Å²) in [6, 6.07) is 21.1. The predicted octanol–water partition coefficient (Wildman–Crippen LogP) is 2.92. The van der Waals surface area contributed by atoms with Gasteiger partial charge in [-0.25, -0.2) is 14.2 Å². The number of anilines is 1. The number of carbonyl (C=O) groups excluding carboxylic acids is 2. The zero-order chi connectivity index (χ0) is 25.5. The largest absolute Gasteiger partial charge is 0.492 e. The van der Waals surface area contributed by atoms with E-state index >= 15 is 0 Å². The maximum absolute atomic E-state index is 12.5. The molecular formula is C26H25N5O5. The van der Waals surface area contributed by atoms with Crippen molar-refractivity contribution in [1.82, 2.24) is 19.6 Å². The number of ether oxygens (including phenoxy) is 2. The van der Waals surface area contributed by atoms with Gasteiger partial charge in [-0.2, -0.15) is 10.2 Å². The molecule has 0 radical (unpaired) electrons. The fourth-order valence-electron chi connectivity index (χ4n) is 3.51. The molecule has 1 amide bonds. The molecule has 2 heterocycles. The molecule has 4 aromatic rings. The first-order valence-corrected chi connectivity index (χ1v) is 11.3. The Hall–Kier alpha value is -4.73. The van der Waals surface area contributed by atoms with Crippen LogP contribution in [0.25, 0.3) is 5.69 Å². The van der Waals surface area contributed by atoms with Crippen molar-refractivity contribution in [3.05, 3.63) is 100 Å². The molecule has 0 unspecified atom stereocenters. The lowest BCUT2D eigenvalue weighted by Gasteiger charge is -2.09. The van der Waals surface area contributed by atoms with Crippen molar-refractivity contribution < 1.29 is 19.1 Å². The number of nitrogens with one attached hydrogen (secondary N) is 1. The second-order valence-corrected chi connectivity index (χ2v) is 7.86. The smallest absolute Gasteiger partial charge is 0.359 e. The molecule has 10 heteroatoms. The second-order valence-electron chi connectivity index (χ2n) is 7.86. The van der Waals surface area contributed by atoms with Crippen molar-refractivity contribution in [2.75, 3.05) is 18.5 Å². The fraction of sp³-hybridized carbons (Fsp3) is 0.192. The number of esters is 1. The Balaban J connectivity index is 1.34. The minimum Gasteiger partial charge on any atom is -0.492 e. The number of carbonyl (C=O) groups is 2. The number of rotatable bonds is 9. The van der Waals surface area contributed by atoms with Gasteiger partial charge in [0.1, 0.15) is 12.4 Å². The molecule has 0 bridgehead atoms. The highest BCUT2D eigenvalue weighted by Gasteiger charge is 2.18. The number of hydrogen-bond donors (Lipinski definition) is 1. The van der Waals surface area contributed by atoms with E-state index in [1.807, 2.05) is 55.5 Å². The molecule has 36 heavy (non-hydrogen) atoms. The topological polar surface area (TPSA) is 117 Å². The number of hydrogen-bond acceptors (Lipinski definition) is 7. The number of aryl methyl sites for hydroxylation is 1. The second kappa shape index (κ2) is 11.1. The van der Waals surface area contributed by atoms with Crippen molar-refractivity contribution in [2.24, 2.45) is 0 Å². The summed E-state index contributed by atoms with van der Waals surface area (Å²) < 4.78 is 13.5. The third kappa shape index (κ3) is 5.84. The molecule has 0 aliphatic heterocycles. The first-order valence-electron chi connectivity index (χ1n) is 11.3. The normalized spacial score (nSPS) is 10.6. The maximum Gasteiger partial charge on any atom is 0.359 e. The molecular weight excluding hydrogens is 462 g/mol. The molecule has 10 nitrogen and oxygen atoms in total. The summed E-state index contributed by atoms with van der Waals surface area (Å²) in [5.74, 6) is -0.685. The minimum absolute atomic E-state index is 0.0913. The summed E-state index contributed by atoms with van der Waals surface area (Å²) in [6.07, 6.45) is 0. The van der Waals surface area contributed by atoms with Crippen LogP contribution in [0.3, 0.4) is 0 Å². The van der Waals surface area contributed by atoms with Gasteiger partial charge in [-0.15, -0.1) is 0 Å². The fourth-order valence-corrected chi connectivity index (χ4v) is 3.51. The Morgan fingerprint density at radius 1 is 0.917 bits per heavy atom. The number of nitrogens with zero attached hydrogens (tertiary/aromatic N) is 4. The molecule has 1 N–H and O–H groups in total. The first-order chi connectivity index (χ1) is 17.4. The highest BCUT2D eigenvalue weighted by Crippen LogP contribution is 2.22. The standard InChI is InChI=1S/C26H25N5O5/c1-18-25(19(2)31(28-18)20-9-5-3-6-10-20)27-23(32)17-36-26(34)22-13-14-24(33)30(29-22)15-16-35-21-11-7-4-8-12-21/h3-14H,15-17H2,1-2H3,(H,27,32). The van der Waals surface area contributed by atoms with E-state index in [2.05, 4.69) is 15.5 Å². The van der Waals surface area contributed by atoms with Gasteiger partial charge in [0.05, 0.1) is 29.3 Å². The molecule has 184 valence electrons. The third-order valence-electron chi connectivity index (χ3n) is 5.28. The van der Waals surface area contributed by atoms with Gasteiger partial charge in [-0.05, 0) is 44.2 Å². The molecule has 0 aliphatic carbocycles. The van der Waals surface area contributed by atoms with Gasteiger partial charge in [0.2, 0.25) is 0 Å². The highest BCUT2D eigenvalue weighted by molar-refractivity contribution is 5.95. The Kier molecular flexibility index (Phi) is 7.54. The van der Waals surface area contributed by atoms with Crippen LogP contribution in [-0.2, 0) is 16.1 Å². The van der Waals surface area contributed by atoms with Crippen molar-refractivity contribution in [1.29, 1.82) is 0 Å². The number of amides is 1. The van der Waals surface area contributed by atoms with Crippen molar-refractivity contribution in [3.63, 3.8) is 0 Å². The first kappa shape index (κ1) is 24.4. The maximum atomic E-state index is 12.5. The lowest BCUT2D eigenvalue weighted by molar-refractivity contribution is -0.119. The molecule has 0 saturated carbocycles. The molecule has 0 atom stereocenters. The average Bonchev–Trinajstić information content (AvgIpc) is 3.18. The summed E-state index contributed by atoms with van der Waals surface area (Å²) >= 11 is 0. The summed E-state index contributed by atoms with van der Waals surface area (Å²) in [5, 5.41) is 11.3. The lowest BCUT2D eigenvalue weighted by atomic mass is 10.3. The molecule has 0 saturated heterocycles. The summed E-state index contributed by atoms with van der Waals surface area (Å²) in [4.78, 5) is 37.0. The zero-order valence-corrected chi connectivity index (χ0v) is 19.9. The van der Waals surface area contributed by atoms with E-state index in [-0.39, 0.29) is 24.4 Å². The van der Waals surface area contributed by atoms with Gasteiger partial charge in [0, 0.05) is 6.07 Å². The number of aromatic nitrogens is 4. The Morgan fingerprint density at radius 2 is 1.61 bits per heavy atom. The average molecular weight is 488 g/mol. The Bertz CT molecular complexity index is 1410. The van der Waals surface area contributed by atoms with Crippen LogP contribution in [0.2, 0.25) is 0 Å². The lowest BCUT2D eigenvalue weighted by Crippen LogP contribution is -2.28. The van der Waals surface area contributed by atoms with Crippen LogP contribution < -0.4 is 15.6 Å².